The zero-order valence-corrected chi connectivity index (χ0v) is 20.5. The van der Waals surface area contributed by atoms with E-state index in [2.05, 4.69) is 16.9 Å². The molecule has 176 valence electrons. The van der Waals surface area contributed by atoms with E-state index >= 15 is 0 Å². The Hall–Kier alpha value is -2.46. The summed E-state index contributed by atoms with van der Waals surface area (Å²) in [4.78, 5) is 46.0. The van der Waals surface area contributed by atoms with Crippen LogP contribution in [-0.4, -0.2) is 77.1 Å². The molecule has 2 fully saturated rings. The minimum atomic E-state index is -0.113. The average molecular weight is 489 g/mol. The van der Waals surface area contributed by atoms with Gasteiger partial charge in [0.1, 0.15) is 5.75 Å². The normalized spacial score (nSPS) is 20.3. The molecule has 0 bridgehead atoms. The van der Waals surface area contributed by atoms with Gasteiger partial charge in [0.05, 0.1) is 23.8 Å². The average Bonchev–Trinajstić information content (AvgIpc) is 3.60. The topological polar surface area (TPSA) is 91.3 Å². The fourth-order valence-corrected chi connectivity index (χ4v) is 6.08. The lowest BCUT2D eigenvalue weighted by atomic mass is 10.1. The fraction of sp³-hybridized carbons (Fsp3) is 0.478. The third kappa shape index (κ3) is 5.55. The number of thioether (sulfide) groups is 2. The summed E-state index contributed by atoms with van der Waals surface area (Å²) < 4.78 is 5.65. The molecule has 2 heterocycles. The molecule has 33 heavy (non-hydrogen) atoms. The summed E-state index contributed by atoms with van der Waals surface area (Å²) in [7, 11) is 1.56. The standard InChI is InChI=1S/C23H28N4O4S2/c1-4-19(28)26-7-9-27(10-8-26)22(30)16-12-18(14(2)11-17(16)31-3)32-20-13-24-23(33-20)25-21(29)15-5-6-15/h4,11-12,15,20H,1,5-10,13H2,2-3H3,(H,24,25,29). The fourth-order valence-electron chi connectivity index (χ4n) is 3.74. The second-order valence-corrected chi connectivity index (χ2v) is 10.9. The van der Waals surface area contributed by atoms with Crippen molar-refractivity contribution in [1.29, 1.82) is 0 Å². The highest BCUT2D eigenvalue weighted by molar-refractivity contribution is 8.25. The molecule has 0 spiro atoms. The predicted molar refractivity (Wildman–Crippen MR) is 131 cm³/mol. The molecule has 1 unspecified atom stereocenters. The summed E-state index contributed by atoms with van der Waals surface area (Å²) in [5.41, 5.74) is 1.53. The number of ether oxygens (including phenoxy) is 1. The van der Waals surface area contributed by atoms with Crippen LogP contribution >= 0.6 is 23.5 Å². The van der Waals surface area contributed by atoms with Crippen LogP contribution in [0.3, 0.4) is 0 Å². The first-order valence-electron chi connectivity index (χ1n) is 11.0. The van der Waals surface area contributed by atoms with Gasteiger partial charge in [-0.3, -0.25) is 19.4 Å². The molecule has 3 aliphatic rings. The predicted octanol–water partition coefficient (Wildman–Crippen LogP) is 2.52. The summed E-state index contributed by atoms with van der Waals surface area (Å²) in [5, 5.41) is 3.60. The summed E-state index contributed by atoms with van der Waals surface area (Å²) in [6.45, 7) is 8.02. The van der Waals surface area contributed by atoms with Crippen LogP contribution in [0.15, 0.2) is 34.7 Å². The van der Waals surface area contributed by atoms with E-state index in [1.165, 1.54) is 6.08 Å². The van der Waals surface area contributed by atoms with Gasteiger partial charge in [0.2, 0.25) is 11.8 Å². The Morgan fingerprint density at radius 3 is 2.55 bits per heavy atom. The second-order valence-electron chi connectivity index (χ2n) is 8.21. The van der Waals surface area contributed by atoms with Gasteiger partial charge in [-0.25, -0.2) is 0 Å². The summed E-state index contributed by atoms with van der Waals surface area (Å²) in [5.74, 6) is 0.536. The number of hydrogen-bond donors (Lipinski definition) is 1. The van der Waals surface area contributed by atoms with Gasteiger partial charge in [0.15, 0.2) is 5.17 Å². The first kappa shape index (κ1) is 23.7. The van der Waals surface area contributed by atoms with Crippen molar-refractivity contribution in [2.75, 3.05) is 39.8 Å². The van der Waals surface area contributed by atoms with Crippen molar-refractivity contribution in [3.8, 4) is 5.75 Å². The third-order valence-corrected chi connectivity index (χ3v) is 8.39. The molecule has 1 saturated heterocycles. The summed E-state index contributed by atoms with van der Waals surface area (Å²) in [6.07, 6.45) is 3.23. The van der Waals surface area contributed by atoms with Crippen molar-refractivity contribution < 1.29 is 19.1 Å². The minimum Gasteiger partial charge on any atom is -0.496 e. The zero-order chi connectivity index (χ0) is 23.5. The number of methoxy groups -OCH3 is 1. The van der Waals surface area contributed by atoms with E-state index < -0.39 is 0 Å². The van der Waals surface area contributed by atoms with Gasteiger partial charge < -0.3 is 19.9 Å². The number of piperazine rings is 1. The monoisotopic (exact) mass is 488 g/mol. The Morgan fingerprint density at radius 1 is 1.21 bits per heavy atom. The van der Waals surface area contributed by atoms with Crippen LogP contribution in [0.25, 0.3) is 0 Å². The van der Waals surface area contributed by atoms with Crippen LogP contribution < -0.4 is 10.1 Å². The number of carbonyl (C=O) groups is 3. The van der Waals surface area contributed by atoms with Gasteiger partial charge in [-0.1, -0.05) is 18.3 Å². The van der Waals surface area contributed by atoms with Crippen LogP contribution in [0.1, 0.15) is 28.8 Å². The number of nitrogens with one attached hydrogen (secondary N) is 1. The van der Waals surface area contributed by atoms with E-state index in [-0.39, 0.29) is 28.2 Å². The SMILES string of the molecule is C=CC(=O)N1CCN(C(=O)c2cc(SC3CN=C(NC(=O)C4CC4)S3)c(C)cc2OC)CC1. The Kier molecular flexibility index (Phi) is 7.33. The summed E-state index contributed by atoms with van der Waals surface area (Å²) in [6, 6.07) is 3.78. The Morgan fingerprint density at radius 2 is 1.91 bits per heavy atom. The summed E-state index contributed by atoms with van der Waals surface area (Å²) >= 11 is 3.20. The van der Waals surface area contributed by atoms with Crippen LogP contribution in [-0.2, 0) is 9.59 Å². The van der Waals surface area contributed by atoms with Gasteiger partial charge in [0, 0.05) is 37.0 Å². The molecule has 0 aromatic heterocycles. The molecule has 2 aliphatic heterocycles. The molecule has 4 rings (SSSR count). The molecular weight excluding hydrogens is 460 g/mol. The van der Waals surface area contributed by atoms with Crippen LogP contribution in [0, 0.1) is 12.8 Å². The molecular formula is C23H28N4O4S2. The van der Waals surface area contributed by atoms with Crippen molar-refractivity contribution in [3.05, 3.63) is 35.9 Å². The molecule has 0 radical (unpaired) electrons. The molecule has 1 saturated carbocycles. The number of nitrogens with zero attached hydrogens (tertiary/aromatic N) is 3. The lowest BCUT2D eigenvalue weighted by molar-refractivity contribution is -0.127. The number of aryl methyl sites for hydroxylation is 1. The molecule has 1 aromatic carbocycles. The lowest BCUT2D eigenvalue weighted by Crippen LogP contribution is -2.50. The number of amides is 3. The maximum atomic E-state index is 13.3. The van der Waals surface area contributed by atoms with Gasteiger partial charge in [-0.15, -0.1) is 11.8 Å². The highest BCUT2D eigenvalue weighted by Crippen LogP contribution is 2.39. The van der Waals surface area contributed by atoms with Gasteiger partial charge in [-0.2, -0.15) is 0 Å². The molecule has 1 aromatic rings. The minimum absolute atomic E-state index is 0.0651. The largest absolute Gasteiger partial charge is 0.496 e. The smallest absolute Gasteiger partial charge is 0.257 e. The molecule has 8 nitrogen and oxygen atoms in total. The molecule has 10 heteroatoms. The van der Waals surface area contributed by atoms with Gasteiger partial charge in [0.25, 0.3) is 5.91 Å². The molecule has 1 aliphatic carbocycles. The van der Waals surface area contributed by atoms with Crippen LogP contribution in [0.2, 0.25) is 0 Å². The van der Waals surface area contributed by atoms with Gasteiger partial charge in [-0.05, 0) is 43.5 Å². The number of amidine groups is 1. The molecule has 1 N–H and O–H groups in total. The number of hydrogen-bond acceptors (Lipinski definition) is 7. The van der Waals surface area contributed by atoms with E-state index in [9.17, 15) is 14.4 Å². The van der Waals surface area contributed by atoms with E-state index in [1.54, 1.807) is 40.4 Å². The Bertz CT molecular complexity index is 1000. The number of benzene rings is 1. The van der Waals surface area contributed by atoms with Crippen molar-refractivity contribution >= 4 is 46.4 Å². The molecule has 1 atom stereocenters. The van der Waals surface area contributed by atoms with E-state index in [0.29, 0.717) is 49.2 Å². The number of carbonyl (C=O) groups excluding carboxylic acids is 3. The van der Waals surface area contributed by atoms with Crippen molar-refractivity contribution in [2.45, 2.75) is 29.2 Å². The quantitative estimate of drug-likeness (QED) is 0.619. The third-order valence-electron chi connectivity index (χ3n) is 5.84. The van der Waals surface area contributed by atoms with E-state index in [0.717, 1.165) is 23.3 Å². The highest BCUT2D eigenvalue weighted by atomic mass is 32.2. The second kappa shape index (κ2) is 10.2. The first-order valence-corrected chi connectivity index (χ1v) is 12.7. The van der Waals surface area contributed by atoms with Crippen molar-refractivity contribution in [3.63, 3.8) is 0 Å². The van der Waals surface area contributed by atoms with E-state index in [4.69, 9.17) is 4.74 Å². The van der Waals surface area contributed by atoms with Crippen molar-refractivity contribution in [1.82, 2.24) is 15.1 Å². The van der Waals surface area contributed by atoms with Crippen LogP contribution in [0.5, 0.6) is 5.75 Å². The van der Waals surface area contributed by atoms with Gasteiger partial charge >= 0.3 is 0 Å². The Balaban J connectivity index is 1.42. The van der Waals surface area contributed by atoms with E-state index in [1.807, 2.05) is 19.1 Å². The number of rotatable bonds is 6. The Labute approximate surface area is 202 Å². The maximum Gasteiger partial charge on any atom is 0.257 e. The number of aliphatic imine (C=N–C) groups is 1. The first-order chi connectivity index (χ1) is 15.9. The maximum absolute atomic E-state index is 13.3. The molecule has 3 amide bonds. The highest BCUT2D eigenvalue weighted by Gasteiger charge is 2.32. The van der Waals surface area contributed by atoms with Crippen molar-refractivity contribution in [2.24, 2.45) is 10.9 Å². The van der Waals surface area contributed by atoms with Crippen LogP contribution in [0.4, 0.5) is 0 Å². The lowest BCUT2D eigenvalue weighted by Gasteiger charge is -2.34. The zero-order valence-electron chi connectivity index (χ0n) is 18.8.